The third kappa shape index (κ3) is 4.32. The quantitative estimate of drug-likeness (QED) is 0.534. The highest BCUT2D eigenvalue weighted by Crippen LogP contribution is 2.32. The number of hydrogen-bond donors (Lipinski definition) is 2. The van der Waals surface area contributed by atoms with Crippen LogP contribution in [0.1, 0.15) is 35.4 Å². The van der Waals surface area contributed by atoms with Crippen molar-refractivity contribution in [3.63, 3.8) is 0 Å². The molecule has 0 saturated carbocycles. The van der Waals surface area contributed by atoms with Gasteiger partial charge < -0.3 is 15.3 Å². The van der Waals surface area contributed by atoms with Crippen molar-refractivity contribution < 1.29 is 23.1 Å². The molecule has 4 rings (SSSR count). The number of nitrogens with one attached hydrogen (secondary N) is 1. The predicted molar refractivity (Wildman–Crippen MR) is 117 cm³/mol. The zero-order valence-electron chi connectivity index (χ0n) is 17.6. The summed E-state index contributed by atoms with van der Waals surface area (Å²) < 4.78 is 43.1. The molecule has 1 saturated heterocycles. The Morgan fingerprint density at radius 3 is 2.67 bits per heavy atom. The van der Waals surface area contributed by atoms with Gasteiger partial charge in [0.05, 0.1) is 29.2 Å². The zero-order chi connectivity index (χ0) is 24.1. The van der Waals surface area contributed by atoms with Crippen molar-refractivity contribution in [1.29, 1.82) is 0 Å². The van der Waals surface area contributed by atoms with E-state index in [-0.39, 0.29) is 51.9 Å². The number of aromatic nitrogens is 3. The maximum Gasteiger partial charge on any atom is 0.356 e. The van der Waals surface area contributed by atoms with E-state index in [0.717, 1.165) is 10.6 Å². The van der Waals surface area contributed by atoms with Crippen molar-refractivity contribution in [3.8, 4) is 0 Å². The van der Waals surface area contributed by atoms with Gasteiger partial charge in [-0.3, -0.25) is 9.36 Å². The molecule has 0 aliphatic carbocycles. The number of fused-ring (bicyclic) bond motifs is 1. The molecule has 1 aromatic carbocycles. The second-order valence-corrected chi connectivity index (χ2v) is 8.28. The van der Waals surface area contributed by atoms with E-state index in [1.54, 1.807) is 6.92 Å². The summed E-state index contributed by atoms with van der Waals surface area (Å²) in [4.78, 5) is 34.1. The van der Waals surface area contributed by atoms with Crippen molar-refractivity contribution in [2.75, 3.05) is 23.3 Å². The molecule has 0 spiro atoms. The number of hydrogen-bond acceptors (Lipinski definition) is 6. The SMILES string of the molecule is CC(Nc1ccc(Cl)nc1C(=O)O)c1cc(F)cc2c(=O)n(C)c(N3CCC(F)(F)C3)nc12. The molecular formula is C21H19ClF3N5O3. The number of rotatable bonds is 5. The summed E-state index contributed by atoms with van der Waals surface area (Å²) in [5.74, 6) is -4.87. The highest BCUT2D eigenvalue weighted by atomic mass is 35.5. The van der Waals surface area contributed by atoms with Crippen molar-refractivity contribution >= 4 is 40.1 Å². The summed E-state index contributed by atoms with van der Waals surface area (Å²) in [6, 6.07) is 4.29. The number of benzene rings is 1. The Morgan fingerprint density at radius 2 is 2.03 bits per heavy atom. The van der Waals surface area contributed by atoms with Gasteiger partial charge in [0.1, 0.15) is 11.0 Å². The van der Waals surface area contributed by atoms with E-state index in [1.165, 1.54) is 30.1 Å². The largest absolute Gasteiger partial charge is 0.476 e. The predicted octanol–water partition coefficient (Wildman–Crippen LogP) is 3.84. The first-order valence-electron chi connectivity index (χ1n) is 9.96. The van der Waals surface area contributed by atoms with Crippen LogP contribution in [0.2, 0.25) is 5.15 Å². The molecule has 1 aliphatic rings. The third-order valence-corrected chi connectivity index (χ3v) is 5.72. The Kier molecular flexibility index (Phi) is 5.69. The van der Waals surface area contributed by atoms with Crippen LogP contribution in [0.25, 0.3) is 10.9 Å². The fourth-order valence-corrected chi connectivity index (χ4v) is 4.05. The van der Waals surface area contributed by atoms with Crippen LogP contribution in [0.4, 0.5) is 24.8 Å². The van der Waals surface area contributed by atoms with Crippen LogP contribution in [0.3, 0.4) is 0 Å². The van der Waals surface area contributed by atoms with Gasteiger partial charge in [-0.15, -0.1) is 0 Å². The summed E-state index contributed by atoms with van der Waals surface area (Å²) in [5, 5.41) is 12.3. The summed E-state index contributed by atoms with van der Waals surface area (Å²) in [6.07, 6.45) is -0.364. The lowest BCUT2D eigenvalue weighted by Gasteiger charge is -2.22. The monoisotopic (exact) mass is 481 g/mol. The average molecular weight is 482 g/mol. The number of pyridine rings is 1. The van der Waals surface area contributed by atoms with Crippen LogP contribution in [0.5, 0.6) is 0 Å². The number of anilines is 2. The minimum absolute atomic E-state index is 0.0148. The maximum atomic E-state index is 14.4. The van der Waals surface area contributed by atoms with Crippen LogP contribution in [-0.4, -0.2) is 44.6 Å². The van der Waals surface area contributed by atoms with E-state index in [9.17, 15) is 27.9 Å². The second-order valence-electron chi connectivity index (χ2n) is 7.90. The lowest BCUT2D eigenvalue weighted by molar-refractivity contribution is 0.0256. The van der Waals surface area contributed by atoms with E-state index in [2.05, 4.69) is 15.3 Å². The summed E-state index contributed by atoms with van der Waals surface area (Å²) in [5.41, 5.74) is -0.416. The van der Waals surface area contributed by atoms with Crippen molar-refractivity contribution in [1.82, 2.24) is 14.5 Å². The van der Waals surface area contributed by atoms with Crippen molar-refractivity contribution in [2.45, 2.75) is 25.3 Å². The topological polar surface area (TPSA) is 100 Å². The smallest absolute Gasteiger partial charge is 0.356 e. The molecule has 12 heteroatoms. The summed E-state index contributed by atoms with van der Waals surface area (Å²) in [6.45, 7) is 1.06. The van der Waals surface area contributed by atoms with Gasteiger partial charge >= 0.3 is 5.97 Å². The molecule has 3 aromatic rings. The number of nitrogens with zero attached hydrogens (tertiary/aromatic N) is 4. The molecule has 3 heterocycles. The van der Waals surface area contributed by atoms with E-state index >= 15 is 0 Å². The molecule has 0 radical (unpaired) electrons. The van der Waals surface area contributed by atoms with Gasteiger partial charge in [-0.25, -0.2) is 27.9 Å². The Balaban J connectivity index is 1.82. The molecule has 2 aromatic heterocycles. The zero-order valence-corrected chi connectivity index (χ0v) is 18.3. The second kappa shape index (κ2) is 8.22. The first-order chi connectivity index (χ1) is 15.5. The molecule has 1 fully saturated rings. The molecule has 0 bridgehead atoms. The van der Waals surface area contributed by atoms with Crippen LogP contribution < -0.4 is 15.8 Å². The number of alkyl halides is 2. The molecule has 0 amide bonds. The molecule has 1 atom stereocenters. The molecule has 33 heavy (non-hydrogen) atoms. The average Bonchev–Trinajstić information content (AvgIpc) is 3.11. The van der Waals surface area contributed by atoms with Gasteiger partial charge in [0.15, 0.2) is 5.69 Å². The Labute approximate surface area is 190 Å². The number of halogens is 4. The molecular weight excluding hydrogens is 463 g/mol. The Morgan fingerprint density at radius 1 is 1.30 bits per heavy atom. The first kappa shape index (κ1) is 22.8. The van der Waals surface area contributed by atoms with Crippen LogP contribution >= 0.6 is 11.6 Å². The van der Waals surface area contributed by atoms with Gasteiger partial charge in [0.2, 0.25) is 5.95 Å². The van der Waals surface area contributed by atoms with Gasteiger partial charge in [0, 0.05) is 25.6 Å². The van der Waals surface area contributed by atoms with E-state index < -0.39 is 35.9 Å². The normalized spacial score (nSPS) is 16.2. The van der Waals surface area contributed by atoms with Gasteiger partial charge in [0.25, 0.3) is 11.5 Å². The number of carbonyl (C=O) groups is 1. The number of carboxylic acids is 1. The fourth-order valence-electron chi connectivity index (χ4n) is 3.90. The maximum absolute atomic E-state index is 14.4. The lowest BCUT2D eigenvalue weighted by atomic mass is 10.0. The lowest BCUT2D eigenvalue weighted by Crippen LogP contribution is -2.32. The van der Waals surface area contributed by atoms with Gasteiger partial charge in [-0.05, 0) is 31.2 Å². The van der Waals surface area contributed by atoms with E-state index in [0.29, 0.717) is 0 Å². The summed E-state index contributed by atoms with van der Waals surface area (Å²) >= 11 is 5.79. The van der Waals surface area contributed by atoms with Crippen LogP contribution in [0, 0.1) is 5.82 Å². The molecule has 1 aliphatic heterocycles. The Bertz CT molecular complexity index is 1330. The van der Waals surface area contributed by atoms with Crippen LogP contribution in [0.15, 0.2) is 29.1 Å². The summed E-state index contributed by atoms with van der Waals surface area (Å²) in [7, 11) is 1.39. The highest BCUT2D eigenvalue weighted by Gasteiger charge is 2.39. The Hall–Kier alpha value is -3.34. The molecule has 174 valence electrons. The van der Waals surface area contributed by atoms with Crippen molar-refractivity contribution in [2.24, 2.45) is 7.05 Å². The van der Waals surface area contributed by atoms with E-state index in [1.807, 2.05) is 0 Å². The molecule has 2 N–H and O–H groups in total. The van der Waals surface area contributed by atoms with Gasteiger partial charge in [-0.1, -0.05) is 11.6 Å². The number of aromatic carboxylic acids is 1. The molecule has 8 nitrogen and oxygen atoms in total. The van der Waals surface area contributed by atoms with Crippen molar-refractivity contribution in [3.05, 3.63) is 56.8 Å². The van der Waals surface area contributed by atoms with E-state index in [4.69, 9.17) is 11.6 Å². The fraction of sp³-hybridized carbons (Fsp3) is 0.333. The third-order valence-electron chi connectivity index (χ3n) is 5.51. The minimum atomic E-state index is -2.90. The van der Waals surface area contributed by atoms with Gasteiger partial charge in [-0.2, -0.15) is 0 Å². The number of carboxylic acid groups (broad SMARTS) is 1. The standard InChI is InChI=1S/C21H19ClF3N5O3/c1-10(26-14-3-4-15(22)27-17(14)19(32)33)12-7-11(23)8-13-16(12)28-20(29(2)18(13)31)30-6-5-21(24,25)9-30/h3-4,7-8,10,26H,5-6,9H2,1-2H3,(H,32,33). The minimum Gasteiger partial charge on any atom is -0.476 e. The highest BCUT2D eigenvalue weighted by molar-refractivity contribution is 6.29. The first-order valence-corrected chi connectivity index (χ1v) is 10.3. The van der Waals surface area contributed by atoms with Crippen LogP contribution in [-0.2, 0) is 7.05 Å². The molecule has 1 unspecified atom stereocenters.